The highest BCUT2D eigenvalue weighted by atomic mass is 16.7. The Bertz CT molecular complexity index is 705. The Morgan fingerprint density at radius 1 is 1.19 bits per heavy atom. The van der Waals surface area contributed by atoms with E-state index < -0.39 is 5.54 Å². The number of carbonyl (C=O) groups excluding carboxylic acids is 1. The minimum Gasteiger partial charge on any atom is -0.376 e. The molecule has 2 unspecified atom stereocenters. The Kier molecular flexibility index (Phi) is 8.26. The lowest BCUT2D eigenvalue weighted by Crippen LogP contribution is -2.52. The minimum atomic E-state index is -0.662. The van der Waals surface area contributed by atoms with Gasteiger partial charge in [0.1, 0.15) is 5.76 Å². The molecule has 0 aromatic carbocycles. The van der Waals surface area contributed by atoms with Crippen molar-refractivity contribution < 1.29 is 28.3 Å². The topological polar surface area (TPSA) is 83.3 Å². The van der Waals surface area contributed by atoms with Crippen LogP contribution in [0.2, 0.25) is 0 Å². The highest BCUT2D eigenvalue weighted by molar-refractivity contribution is 5.89. The quantitative estimate of drug-likeness (QED) is 0.551. The number of hydrogen-bond donors (Lipinski definition) is 0. The summed E-state index contributed by atoms with van der Waals surface area (Å²) in [6.07, 6.45) is 3.18. The normalized spacial score (nSPS) is 23.3. The Morgan fingerprint density at radius 3 is 2.68 bits per heavy atom. The zero-order valence-electron chi connectivity index (χ0n) is 19.6. The number of ether oxygens (including phenoxy) is 4. The number of Topliss-reactive ketones (excluding diaryl/α,β-unsaturated/α-hetero) is 1. The van der Waals surface area contributed by atoms with E-state index in [0.717, 1.165) is 31.6 Å². The molecule has 0 aliphatic carbocycles. The zero-order chi connectivity index (χ0) is 22.5. The molecule has 0 saturated carbocycles. The molecule has 0 amide bonds. The molecule has 2 fully saturated rings. The first kappa shape index (κ1) is 24.3. The molecule has 2 saturated heterocycles. The summed E-state index contributed by atoms with van der Waals surface area (Å²) in [5.74, 6) is 0.639. The lowest BCUT2D eigenvalue weighted by Gasteiger charge is -2.37. The number of hydrogen-bond acceptors (Lipinski definition) is 8. The summed E-state index contributed by atoms with van der Waals surface area (Å²) in [7, 11) is 1.94. The third-order valence-electron chi connectivity index (χ3n) is 6.35. The van der Waals surface area contributed by atoms with Crippen molar-refractivity contribution in [1.82, 2.24) is 10.1 Å². The summed E-state index contributed by atoms with van der Waals surface area (Å²) in [5, 5.41) is 4.23. The SMILES string of the molecule is CN(CC1COCCO1)C(C)(C)C(=O)Cc1cc(C(C)(C)COC2CCCCO2)no1. The van der Waals surface area contributed by atoms with Crippen molar-refractivity contribution in [3.63, 3.8) is 0 Å². The van der Waals surface area contributed by atoms with Gasteiger partial charge in [0, 0.05) is 24.6 Å². The van der Waals surface area contributed by atoms with Crippen LogP contribution in [0.25, 0.3) is 0 Å². The molecular weight excluding hydrogens is 400 g/mol. The molecule has 1 aromatic heterocycles. The molecular formula is C23H38N2O6. The van der Waals surface area contributed by atoms with Crippen molar-refractivity contribution in [1.29, 1.82) is 0 Å². The average molecular weight is 439 g/mol. The molecule has 2 aliphatic heterocycles. The smallest absolute Gasteiger partial charge is 0.160 e. The molecule has 8 nitrogen and oxygen atoms in total. The second kappa shape index (κ2) is 10.5. The second-order valence-electron chi connectivity index (χ2n) is 9.78. The summed E-state index contributed by atoms with van der Waals surface area (Å²) >= 11 is 0. The molecule has 2 aliphatic rings. The number of likely N-dealkylation sites (N-methyl/N-ethyl adjacent to an activating group) is 1. The summed E-state index contributed by atoms with van der Waals surface area (Å²) in [4.78, 5) is 15.1. The molecule has 3 heterocycles. The van der Waals surface area contributed by atoms with Crippen molar-refractivity contribution in [3.8, 4) is 0 Å². The van der Waals surface area contributed by atoms with Gasteiger partial charge in [-0.1, -0.05) is 19.0 Å². The Hall–Kier alpha value is -1.32. The maximum atomic E-state index is 13.1. The van der Waals surface area contributed by atoms with E-state index in [1.54, 1.807) is 0 Å². The van der Waals surface area contributed by atoms with Gasteiger partial charge in [0.15, 0.2) is 12.1 Å². The number of nitrogens with zero attached hydrogens (tertiary/aromatic N) is 2. The molecule has 0 radical (unpaired) electrons. The first-order valence-electron chi connectivity index (χ1n) is 11.3. The van der Waals surface area contributed by atoms with Crippen molar-refractivity contribution in [2.24, 2.45) is 0 Å². The molecule has 1 aromatic rings. The van der Waals surface area contributed by atoms with Gasteiger partial charge in [-0.3, -0.25) is 9.69 Å². The van der Waals surface area contributed by atoms with Crippen LogP contribution in [0.4, 0.5) is 0 Å². The van der Waals surface area contributed by atoms with Crippen LogP contribution in [0, 0.1) is 0 Å². The first-order valence-corrected chi connectivity index (χ1v) is 11.3. The van der Waals surface area contributed by atoms with E-state index in [1.807, 2.05) is 31.9 Å². The van der Waals surface area contributed by atoms with Gasteiger partial charge in [0.25, 0.3) is 0 Å². The predicted octanol–water partition coefficient (Wildman–Crippen LogP) is 2.73. The fraction of sp³-hybridized carbons (Fsp3) is 0.826. The van der Waals surface area contributed by atoms with Crippen LogP contribution in [-0.4, -0.2) is 80.4 Å². The molecule has 0 spiro atoms. The number of rotatable bonds is 10. The van der Waals surface area contributed by atoms with E-state index in [1.165, 1.54) is 0 Å². The Balaban J connectivity index is 1.53. The molecule has 2 atom stereocenters. The summed E-state index contributed by atoms with van der Waals surface area (Å²) < 4.78 is 28.3. The molecule has 3 rings (SSSR count). The Labute approximate surface area is 185 Å². The van der Waals surface area contributed by atoms with Crippen LogP contribution in [0.5, 0.6) is 0 Å². The second-order valence-corrected chi connectivity index (χ2v) is 9.78. The molecule has 176 valence electrons. The van der Waals surface area contributed by atoms with Crippen LogP contribution in [0.15, 0.2) is 10.6 Å². The molecule has 31 heavy (non-hydrogen) atoms. The van der Waals surface area contributed by atoms with Crippen LogP contribution in [0.1, 0.15) is 58.4 Å². The van der Waals surface area contributed by atoms with E-state index in [9.17, 15) is 4.79 Å². The Morgan fingerprint density at radius 2 is 2.00 bits per heavy atom. The van der Waals surface area contributed by atoms with E-state index in [2.05, 4.69) is 19.0 Å². The van der Waals surface area contributed by atoms with Gasteiger partial charge in [-0.15, -0.1) is 0 Å². The average Bonchev–Trinajstić information content (AvgIpc) is 3.23. The highest BCUT2D eigenvalue weighted by Crippen LogP contribution is 2.26. The van der Waals surface area contributed by atoms with Gasteiger partial charge >= 0.3 is 0 Å². The summed E-state index contributed by atoms with van der Waals surface area (Å²) in [5.41, 5.74) is -0.217. The lowest BCUT2D eigenvalue weighted by atomic mass is 9.89. The standard InChI is InChI=1S/C23H38N2O6/c1-22(2,16-30-21-8-6-7-9-29-21)19-12-17(31-24-19)13-20(26)23(3,4)25(5)14-18-15-27-10-11-28-18/h12,18,21H,6-11,13-16H2,1-5H3. The largest absolute Gasteiger partial charge is 0.376 e. The fourth-order valence-corrected chi connectivity index (χ4v) is 3.70. The van der Waals surface area contributed by atoms with Gasteiger partial charge in [0.2, 0.25) is 0 Å². The number of ketones is 1. The van der Waals surface area contributed by atoms with Gasteiger partial charge in [-0.25, -0.2) is 0 Å². The molecule has 0 bridgehead atoms. The van der Waals surface area contributed by atoms with Crippen molar-refractivity contribution in [3.05, 3.63) is 17.5 Å². The molecule has 8 heteroatoms. The van der Waals surface area contributed by atoms with Crippen LogP contribution >= 0.6 is 0 Å². The van der Waals surface area contributed by atoms with Crippen molar-refractivity contribution >= 4 is 5.78 Å². The van der Waals surface area contributed by atoms with E-state index >= 15 is 0 Å². The van der Waals surface area contributed by atoms with Crippen LogP contribution in [-0.2, 0) is 35.6 Å². The van der Waals surface area contributed by atoms with Gasteiger partial charge < -0.3 is 23.5 Å². The monoisotopic (exact) mass is 438 g/mol. The van der Waals surface area contributed by atoms with Crippen LogP contribution < -0.4 is 0 Å². The third-order valence-corrected chi connectivity index (χ3v) is 6.35. The highest BCUT2D eigenvalue weighted by Gasteiger charge is 2.35. The maximum Gasteiger partial charge on any atom is 0.160 e. The number of carbonyl (C=O) groups is 1. The predicted molar refractivity (Wildman–Crippen MR) is 115 cm³/mol. The number of aromatic nitrogens is 1. The van der Waals surface area contributed by atoms with E-state index in [4.69, 9.17) is 23.5 Å². The summed E-state index contributed by atoms with van der Waals surface area (Å²) in [6.45, 7) is 11.6. The zero-order valence-corrected chi connectivity index (χ0v) is 19.6. The van der Waals surface area contributed by atoms with Crippen molar-refractivity contribution in [2.75, 3.05) is 46.6 Å². The summed E-state index contributed by atoms with van der Waals surface area (Å²) in [6, 6.07) is 1.87. The third kappa shape index (κ3) is 6.58. The maximum absolute atomic E-state index is 13.1. The van der Waals surface area contributed by atoms with Crippen molar-refractivity contribution in [2.45, 2.75) is 76.7 Å². The fourth-order valence-electron chi connectivity index (χ4n) is 3.70. The minimum absolute atomic E-state index is 0.0170. The van der Waals surface area contributed by atoms with E-state index in [0.29, 0.717) is 38.7 Å². The van der Waals surface area contributed by atoms with Gasteiger partial charge in [-0.2, -0.15) is 0 Å². The van der Waals surface area contributed by atoms with Gasteiger partial charge in [-0.05, 0) is 40.2 Å². The van der Waals surface area contributed by atoms with Crippen LogP contribution in [0.3, 0.4) is 0 Å². The molecule has 0 N–H and O–H groups in total. The van der Waals surface area contributed by atoms with Gasteiger partial charge in [0.05, 0.1) is 50.2 Å². The lowest BCUT2D eigenvalue weighted by molar-refractivity contribution is -0.170. The van der Waals surface area contributed by atoms with E-state index in [-0.39, 0.29) is 30.0 Å². The first-order chi connectivity index (χ1) is 14.7.